The number of hydrogen-bond donors (Lipinski definition) is 0. The van der Waals surface area contributed by atoms with Crippen molar-refractivity contribution in [3.8, 4) is 28.7 Å². The number of fused-ring (bicyclic) bond motifs is 1. The zero-order valence-corrected chi connectivity index (χ0v) is 18.6. The second-order valence-electron chi connectivity index (χ2n) is 7.28. The molecule has 0 N–H and O–H groups in total. The van der Waals surface area contributed by atoms with Crippen LogP contribution in [0, 0.1) is 6.92 Å². The summed E-state index contributed by atoms with van der Waals surface area (Å²) in [7, 11) is 4.53. The lowest BCUT2D eigenvalue weighted by molar-refractivity contribution is 0.0734. The Hall–Kier alpha value is -4.26. The topological polar surface area (TPSA) is 80.3 Å². The van der Waals surface area contributed by atoms with Crippen LogP contribution in [0.25, 0.3) is 6.08 Å². The molecule has 0 saturated heterocycles. The fourth-order valence-corrected chi connectivity index (χ4v) is 3.47. The zero-order valence-electron chi connectivity index (χ0n) is 18.6. The van der Waals surface area contributed by atoms with E-state index in [1.165, 1.54) is 27.4 Å². The van der Waals surface area contributed by atoms with Crippen LogP contribution in [0.5, 0.6) is 28.7 Å². The molecular formula is C26H22O7. The minimum atomic E-state index is -0.495. The smallest absolute Gasteiger partial charge is 0.343 e. The van der Waals surface area contributed by atoms with Gasteiger partial charge >= 0.3 is 5.97 Å². The predicted octanol–water partition coefficient (Wildman–Crippen LogP) is 4.86. The van der Waals surface area contributed by atoms with Gasteiger partial charge in [-0.3, -0.25) is 4.79 Å². The number of esters is 1. The molecule has 168 valence electrons. The maximum absolute atomic E-state index is 12.9. The molecule has 4 rings (SSSR count). The van der Waals surface area contributed by atoms with Crippen molar-refractivity contribution in [1.29, 1.82) is 0 Å². The van der Waals surface area contributed by atoms with Gasteiger partial charge in [-0.15, -0.1) is 0 Å². The van der Waals surface area contributed by atoms with Crippen LogP contribution >= 0.6 is 0 Å². The third kappa shape index (κ3) is 4.25. The number of hydrogen-bond acceptors (Lipinski definition) is 7. The molecule has 0 bridgehead atoms. The average molecular weight is 446 g/mol. The summed E-state index contributed by atoms with van der Waals surface area (Å²) in [5.74, 6) is 1.21. The predicted molar refractivity (Wildman–Crippen MR) is 122 cm³/mol. The van der Waals surface area contributed by atoms with Crippen LogP contribution in [-0.2, 0) is 0 Å². The lowest BCUT2D eigenvalue weighted by atomic mass is 10.1. The van der Waals surface area contributed by atoms with Crippen molar-refractivity contribution < 1.29 is 33.3 Å². The van der Waals surface area contributed by atoms with Crippen molar-refractivity contribution in [2.24, 2.45) is 0 Å². The molecule has 33 heavy (non-hydrogen) atoms. The number of allylic oxidation sites excluding steroid dienone is 1. The van der Waals surface area contributed by atoms with Crippen LogP contribution in [0.2, 0.25) is 0 Å². The van der Waals surface area contributed by atoms with Crippen LogP contribution < -0.4 is 23.7 Å². The minimum Gasteiger partial charge on any atom is -0.493 e. The van der Waals surface area contributed by atoms with E-state index in [0.29, 0.717) is 39.7 Å². The first-order valence-corrected chi connectivity index (χ1v) is 10.1. The summed E-state index contributed by atoms with van der Waals surface area (Å²) in [5, 5.41) is 0. The highest BCUT2D eigenvalue weighted by molar-refractivity contribution is 6.14. The number of ether oxygens (including phenoxy) is 5. The van der Waals surface area contributed by atoms with Gasteiger partial charge in [-0.25, -0.2) is 4.79 Å². The lowest BCUT2D eigenvalue weighted by Gasteiger charge is -2.14. The van der Waals surface area contributed by atoms with E-state index in [9.17, 15) is 9.59 Å². The van der Waals surface area contributed by atoms with Crippen molar-refractivity contribution in [3.05, 3.63) is 82.6 Å². The van der Waals surface area contributed by atoms with Crippen LogP contribution in [0.15, 0.2) is 60.4 Å². The number of carbonyl (C=O) groups excluding carboxylic acids is 2. The normalized spacial score (nSPS) is 13.3. The molecule has 0 radical (unpaired) electrons. The third-order valence-corrected chi connectivity index (χ3v) is 5.16. The number of Topliss-reactive ketones (excluding diaryl/α,β-unsaturated/α-hetero) is 1. The molecule has 0 unspecified atom stereocenters. The van der Waals surface area contributed by atoms with Gasteiger partial charge < -0.3 is 23.7 Å². The summed E-state index contributed by atoms with van der Waals surface area (Å²) in [5.41, 5.74) is 2.42. The van der Waals surface area contributed by atoms with Gasteiger partial charge in [0.05, 0.1) is 32.5 Å². The maximum Gasteiger partial charge on any atom is 0.343 e. The van der Waals surface area contributed by atoms with E-state index >= 15 is 0 Å². The lowest BCUT2D eigenvalue weighted by Crippen LogP contribution is -2.08. The quantitative estimate of drug-likeness (QED) is 0.304. The first kappa shape index (κ1) is 22.0. The molecule has 0 amide bonds. The van der Waals surface area contributed by atoms with Crippen LogP contribution in [0.4, 0.5) is 0 Å². The Balaban J connectivity index is 1.60. The molecule has 0 fully saturated rings. The largest absolute Gasteiger partial charge is 0.493 e. The van der Waals surface area contributed by atoms with Gasteiger partial charge in [0, 0.05) is 11.6 Å². The van der Waals surface area contributed by atoms with Gasteiger partial charge in [-0.05, 0) is 49.4 Å². The molecule has 7 heteroatoms. The molecule has 0 aromatic heterocycles. The summed E-state index contributed by atoms with van der Waals surface area (Å²) >= 11 is 0. The molecule has 1 aliphatic rings. The van der Waals surface area contributed by atoms with Gasteiger partial charge in [0.2, 0.25) is 11.5 Å². The van der Waals surface area contributed by atoms with E-state index < -0.39 is 5.97 Å². The standard InChI is InChI=1S/C26H22O7/c1-15-5-7-16(8-6-15)26(28)32-18-10-11-19-21(14-18)33-22(23(19)27)13-17-9-12-20(29-2)25(31-4)24(17)30-3/h5-14H,1-4H3/b22-13-. The van der Waals surface area contributed by atoms with E-state index in [1.807, 2.05) is 19.1 Å². The van der Waals surface area contributed by atoms with Gasteiger partial charge in [-0.2, -0.15) is 0 Å². The van der Waals surface area contributed by atoms with Crippen molar-refractivity contribution in [3.63, 3.8) is 0 Å². The molecule has 7 nitrogen and oxygen atoms in total. The molecule has 1 aliphatic heterocycles. The fourth-order valence-electron chi connectivity index (χ4n) is 3.47. The van der Waals surface area contributed by atoms with Gasteiger partial charge in [-0.1, -0.05) is 17.7 Å². The summed E-state index contributed by atoms with van der Waals surface area (Å²) < 4.78 is 27.4. The average Bonchev–Trinajstić information content (AvgIpc) is 3.13. The number of rotatable bonds is 6. The minimum absolute atomic E-state index is 0.109. The molecule has 0 saturated carbocycles. The number of benzene rings is 3. The Morgan fingerprint density at radius 3 is 2.27 bits per heavy atom. The van der Waals surface area contributed by atoms with Gasteiger partial charge in [0.1, 0.15) is 11.5 Å². The maximum atomic E-state index is 12.9. The number of aryl methyl sites for hydroxylation is 1. The third-order valence-electron chi connectivity index (χ3n) is 5.16. The highest BCUT2D eigenvalue weighted by atomic mass is 16.5. The van der Waals surface area contributed by atoms with Gasteiger partial charge in [0.25, 0.3) is 0 Å². The molecular weight excluding hydrogens is 424 g/mol. The Labute approximate surface area is 191 Å². The monoisotopic (exact) mass is 446 g/mol. The van der Waals surface area contributed by atoms with Crippen molar-refractivity contribution >= 4 is 17.8 Å². The molecule has 3 aromatic carbocycles. The highest BCUT2D eigenvalue weighted by Crippen LogP contribution is 2.42. The Morgan fingerprint density at radius 2 is 1.61 bits per heavy atom. The molecule has 0 spiro atoms. The Kier molecular flexibility index (Phi) is 6.04. The van der Waals surface area contributed by atoms with Crippen molar-refractivity contribution in [2.75, 3.05) is 21.3 Å². The van der Waals surface area contributed by atoms with E-state index in [-0.39, 0.29) is 17.3 Å². The second kappa shape index (κ2) is 9.08. The molecule has 0 atom stereocenters. The van der Waals surface area contributed by atoms with Gasteiger partial charge in [0.15, 0.2) is 17.3 Å². The molecule has 1 heterocycles. The number of methoxy groups -OCH3 is 3. The number of ketones is 1. The summed E-state index contributed by atoms with van der Waals surface area (Å²) in [6.45, 7) is 1.94. The fraction of sp³-hybridized carbons (Fsp3) is 0.154. The van der Waals surface area contributed by atoms with E-state index in [4.69, 9.17) is 23.7 Å². The first-order chi connectivity index (χ1) is 15.9. The second-order valence-corrected chi connectivity index (χ2v) is 7.28. The number of carbonyl (C=O) groups is 2. The summed E-state index contributed by atoms with van der Waals surface area (Å²) in [6.07, 6.45) is 1.57. The Bertz CT molecular complexity index is 1260. The van der Waals surface area contributed by atoms with E-state index in [0.717, 1.165) is 5.56 Å². The van der Waals surface area contributed by atoms with E-state index in [1.54, 1.807) is 42.5 Å². The zero-order chi connectivity index (χ0) is 23.5. The first-order valence-electron chi connectivity index (χ1n) is 10.1. The highest BCUT2D eigenvalue weighted by Gasteiger charge is 2.29. The van der Waals surface area contributed by atoms with Crippen molar-refractivity contribution in [2.45, 2.75) is 6.92 Å². The molecule has 0 aliphatic carbocycles. The Morgan fingerprint density at radius 1 is 0.879 bits per heavy atom. The van der Waals surface area contributed by atoms with Crippen molar-refractivity contribution in [1.82, 2.24) is 0 Å². The van der Waals surface area contributed by atoms with E-state index in [2.05, 4.69) is 0 Å². The van der Waals surface area contributed by atoms with Crippen LogP contribution in [0.3, 0.4) is 0 Å². The molecule has 3 aromatic rings. The van der Waals surface area contributed by atoms with Crippen LogP contribution in [0.1, 0.15) is 31.8 Å². The SMILES string of the molecule is COc1ccc(/C=C2\Oc3cc(OC(=O)c4ccc(C)cc4)ccc3C2=O)c(OC)c1OC. The van der Waals surface area contributed by atoms with Crippen LogP contribution in [-0.4, -0.2) is 33.1 Å². The summed E-state index contributed by atoms with van der Waals surface area (Å²) in [6, 6.07) is 15.2. The summed E-state index contributed by atoms with van der Waals surface area (Å²) in [4.78, 5) is 25.3.